The van der Waals surface area contributed by atoms with Gasteiger partial charge in [0.15, 0.2) is 5.78 Å². The lowest BCUT2D eigenvalue weighted by molar-refractivity contribution is -0.146. The van der Waals surface area contributed by atoms with Crippen molar-refractivity contribution in [1.29, 1.82) is 0 Å². The minimum absolute atomic E-state index is 0.0996. The van der Waals surface area contributed by atoms with Gasteiger partial charge in [-0.2, -0.15) is 0 Å². The zero-order valence-corrected chi connectivity index (χ0v) is 15.4. The first-order valence-corrected chi connectivity index (χ1v) is 8.80. The number of hydrogen-bond acceptors (Lipinski definition) is 4. The van der Waals surface area contributed by atoms with Gasteiger partial charge in [0.2, 0.25) is 0 Å². The molecule has 128 valence electrons. The van der Waals surface area contributed by atoms with Crippen molar-refractivity contribution in [1.82, 2.24) is 0 Å². The second kappa shape index (κ2) is 6.92. The van der Waals surface area contributed by atoms with Crippen LogP contribution in [0.25, 0.3) is 0 Å². The Hall–Kier alpha value is -2.27. The monoisotopic (exact) mass is 400 g/mol. The highest BCUT2D eigenvalue weighted by atomic mass is 79.9. The summed E-state index contributed by atoms with van der Waals surface area (Å²) in [5, 5.41) is 0. The molecule has 0 unspecified atom stereocenters. The summed E-state index contributed by atoms with van der Waals surface area (Å²) in [7, 11) is 0. The number of esters is 1. The average molecular weight is 401 g/mol. The van der Waals surface area contributed by atoms with E-state index in [1.807, 2.05) is 12.1 Å². The molecular weight excluding hydrogens is 384 g/mol. The van der Waals surface area contributed by atoms with Gasteiger partial charge in [0.05, 0.1) is 0 Å². The number of carbonyl (C=O) groups excluding carboxylic acids is 3. The van der Waals surface area contributed by atoms with Crippen LogP contribution >= 0.6 is 15.9 Å². The minimum atomic E-state index is -0.982. The third-order valence-electron chi connectivity index (χ3n) is 4.60. The Balaban J connectivity index is 2.09. The molecule has 1 aliphatic heterocycles. The van der Waals surface area contributed by atoms with Crippen LogP contribution in [0.5, 0.6) is 5.75 Å². The predicted octanol–water partition coefficient (Wildman–Crippen LogP) is 4.18. The maximum atomic E-state index is 12.9. The van der Waals surface area contributed by atoms with E-state index < -0.39 is 23.7 Å². The Kier molecular flexibility index (Phi) is 4.86. The molecule has 5 heteroatoms. The van der Waals surface area contributed by atoms with Crippen LogP contribution in [-0.2, 0) is 9.59 Å². The van der Waals surface area contributed by atoms with Gasteiger partial charge in [-0.1, -0.05) is 53.2 Å². The Morgan fingerprint density at radius 2 is 1.80 bits per heavy atom. The largest absolute Gasteiger partial charge is 0.426 e. The van der Waals surface area contributed by atoms with Crippen LogP contribution in [0.1, 0.15) is 35.7 Å². The number of ketones is 2. The maximum absolute atomic E-state index is 12.9. The van der Waals surface area contributed by atoms with Crippen molar-refractivity contribution < 1.29 is 19.1 Å². The van der Waals surface area contributed by atoms with Gasteiger partial charge in [0.25, 0.3) is 0 Å². The van der Waals surface area contributed by atoms with Crippen molar-refractivity contribution in [3.63, 3.8) is 0 Å². The second-order valence-electron chi connectivity index (χ2n) is 6.24. The molecule has 1 aliphatic rings. The first kappa shape index (κ1) is 17.5. The first-order chi connectivity index (χ1) is 11.9. The van der Waals surface area contributed by atoms with Crippen molar-refractivity contribution in [2.24, 2.45) is 11.8 Å². The van der Waals surface area contributed by atoms with Crippen molar-refractivity contribution in [2.75, 3.05) is 0 Å². The van der Waals surface area contributed by atoms with E-state index in [1.54, 1.807) is 43.3 Å². The standard InChI is InChI=1S/C20H17BrO4/c1-11(19(23)13-6-4-3-5-7-13)17-15-10-14(21)8-9-16(15)25-20(24)18(17)12(2)22/h3-11,17-18H,1-2H3/t11-,17-,18+/m1/s1. The van der Waals surface area contributed by atoms with Gasteiger partial charge >= 0.3 is 5.97 Å². The maximum Gasteiger partial charge on any atom is 0.322 e. The van der Waals surface area contributed by atoms with Crippen LogP contribution in [0.4, 0.5) is 0 Å². The van der Waals surface area contributed by atoms with Crippen LogP contribution in [-0.4, -0.2) is 17.5 Å². The molecule has 0 aromatic heterocycles. The van der Waals surface area contributed by atoms with E-state index in [0.717, 1.165) is 4.47 Å². The molecule has 0 amide bonds. The summed E-state index contributed by atoms with van der Waals surface area (Å²) in [5.74, 6) is -2.67. The molecule has 0 saturated heterocycles. The fourth-order valence-corrected chi connectivity index (χ4v) is 3.75. The van der Waals surface area contributed by atoms with Crippen LogP contribution in [0.3, 0.4) is 0 Å². The highest BCUT2D eigenvalue weighted by Gasteiger charge is 2.45. The van der Waals surface area contributed by atoms with E-state index in [0.29, 0.717) is 16.9 Å². The molecule has 0 N–H and O–H groups in total. The topological polar surface area (TPSA) is 60.4 Å². The average Bonchev–Trinajstić information content (AvgIpc) is 2.60. The molecule has 2 aromatic rings. The van der Waals surface area contributed by atoms with E-state index in [4.69, 9.17) is 4.74 Å². The van der Waals surface area contributed by atoms with Gasteiger partial charge < -0.3 is 4.74 Å². The molecule has 3 rings (SSSR count). The smallest absolute Gasteiger partial charge is 0.322 e. The lowest BCUT2D eigenvalue weighted by Crippen LogP contribution is -2.40. The fraction of sp³-hybridized carbons (Fsp3) is 0.250. The van der Waals surface area contributed by atoms with Crippen LogP contribution in [0.2, 0.25) is 0 Å². The van der Waals surface area contributed by atoms with Crippen LogP contribution < -0.4 is 4.74 Å². The quantitative estimate of drug-likeness (QED) is 0.334. The molecule has 4 nitrogen and oxygen atoms in total. The Morgan fingerprint density at radius 1 is 1.12 bits per heavy atom. The Bertz CT molecular complexity index is 844. The molecular formula is C20H17BrO4. The molecule has 1 heterocycles. The summed E-state index contributed by atoms with van der Waals surface area (Å²) >= 11 is 3.41. The predicted molar refractivity (Wildman–Crippen MR) is 96.6 cm³/mol. The number of fused-ring (bicyclic) bond motifs is 1. The molecule has 25 heavy (non-hydrogen) atoms. The molecule has 0 aliphatic carbocycles. The van der Waals surface area contributed by atoms with Gasteiger partial charge in [-0.05, 0) is 25.1 Å². The van der Waals surface area contributed by atoms with Gasteiger partial charge in [0, 0.05) is 27.4 Å². The van der Waals surface area contributed by atoms with Gasteiger partial charge in [-0.3, -0.25) is 14.4 Å². The summed E-state index contributed by atoms with van der Waals surface area (Å²) < 4.78 is 6.14. The fourth-order valence-electron chi connectivity index (χ4n) is 3.38. The van der Waals surface area contributed by atoms with Gasteiger partial charge in [-0.15, -0.1) is 0 Å². The zero-order chi connectivity index (χ0) is 18.1. The van der Waals surface area contributed by atoms with E-state index in [2.05, 4.69) is 15.9 Å². The first-order valence-electron chi connectivity index (χ1n) is 8.01. The lowest BCUT2D eigenvalue weighted by atomic mass is 9.72. The van der Waals surface area contributed by atoms with E-state index in [9.17, 15) is 14.4 Å². The summed E-state index contributed by atoms with van der Waals surface area (Å²) in [4.78, 5) is 37.5. The zero-order valence-electron chi connectivity index (χ0n) is 13.9. The summed E-state index contributed by atoms with van der Waals surface area (Å²) in [6.07, 6.45) is 0. The molecule has 0 saturated carbocycles. The highest BCUT2D eigenvalue weighted by molar-refractivity contribution is 9.10. The van der Waals surface area contributed by atoms with E-state index in [1.165, 1.54) is 6.92 Å². The van der Waals surface area contributed by atoms with E-state index in [-0.39, 0.29) is 11.6 Å². The third-order valence-corrected chi connectivity index (χ3v) is 5.10. The number of halogens is 1. The van der Waals surface area contributed by atoms with E-state index >= 15 is 0 Å². The molecule has 0 radical (unpaired) electrons. The Morgan fingerprint density at radius 3 is 2.44 bits per heavy atom. The van der Waals surface area contributed by atoms with Crippen molar-refractivity contribution in [3.05, 3.63) is 64.1 Å². The molecule has 3 atom stereocenters. The minimum Gasteiger partial charge on any atom is -0.426 e. The normalized spacial score (nSPS) is 20.4. The Labute approximate surface area is 154 Å². The number of hydrogen-bond donors (Lipinski definition) is 0. The summed E-state index contributed by atoms with van der Waals surface area (Å²) in [6, 6.07) is 14.2. The molecule has 2 aromatic carbocycles. The van der Waals surface area contributed by atoms with Crippen LogP contribution in [0, 0.1) is 11.8 Å². The lowest BCUT2D eigenvalue weighted by Gasteiger charge is -2.34. The van der Waals surface area contributed by atoms with Crippen molar-refractivity contribution >= 4 is 33.5 Å². The number of rotatable bonds is 4. The highest BCUT2D eigenvalue weighted by Crippen LogP contribution is 2.44. The van der Waals surface area contributed by atoms with Gasteiger partial charge in [-0.25, -0.2) is 0 Å². The molecule has 0 spiro atoms. The van der Waals surface area contributed by atoms with Crippen molar-refractivity contribution in [3.8, 4) is 5.75 Å². The van der Waals surface area contributed by atoms with Crippen LogP contribution in [0.15, 0.2) is 53.0 Å². The van der Waals surface area contributed by atoms with Crippen molar-refractivity contribution in [2.45, 2.75) is 19.8 Å². The molecule has 0 fully saturated rings. The number of Topliss-reactive ketones (excluding diaryl/α,β-unsaturated/α-hetero) is 2. The summed E-state index contributed by atoms with van der Waals surface area (Å²) in [6.45, 7) is 3.13. The number of ether oxygens (including phenoxy) is 1. The number of carbonyl (C=O) groups is 3. The van der Waals surface area contributed by atoms with Gasteiger partial charge in [0.1, 0.15) is 17.5 Å². The number of benzene rings is 2. The SMILES string of the molecule is CC(=O)[C@@H]1C(=O)Oc2ccc(Br)cc2[C@H]1[C@@H](C)C(=O)c1ccccc1. The summed E-state index contributed by atoms with van der Waals surface area (Å²) in [5.41, 5.74) is 1.26. The second-order valence-corrected chi connectivity index (χ2v) is 7.15. The third kappa shape index (κ3) is 3.29. The molecule has 0 bridgehead atoms.